The first-order chi connectivity index (χ1) is 10.7. The van der Waals surface area contributed by atoms with Crippen molar-refractivity contribution in [1.29, 1.82) is 0 Å². The molecule has 0 spiro atoms. The van der Waals surface area contributed by atoms with Crippen LogP contribution in [0.25, 0.3) is 0 Å². The summed E-state index contributed by atoms with van der Waals surface area (Å²) < 4.78 is 10.5. The molecule has 0 atom stereocenters. The van der Waals surface area contributed by atoms with Gasteiger partial charge in [0.1, 0.15) is 17.2 Å². The number of carbonyl (C=O) groups excluding carboxylic acids is 1. The molecule has 0 bridgehead atoms. The summed E-state index contributed by atoms with van der Waals surface area (Å²) in [5.74, 6) is 1.08. The van der Waals surface area contributed by atoms with E-state index in [0.29, 0.717) is 17.2 Å². The molecule has 5 heteroatoms. The van der Waals surface area contributed by atoms with Crippen LogP contribution in [0.4, 0.5) is 16.2 Å². The highest BCUT2D eigenvalue weighted by Gasteiger charge is 2.13. The van der Waals surface area contributed by atoms with Gasteiger partial charge in [-0.25, -0.2) is 4.79 Å². The van der Waals surface area contributed by atoms with E-state index in [2.05, 4.69) is 10.6 Å². The van der Waals surface area contributed by atoms with Crippen molar-refractivity contribution in [2.75, 3.05) is 24.9 Å². The highest BCUT2D eigenvalue weighted by Crippen LogP contribution is 2.34. The third-order valence-electron chi connectivity index (χ3n) is 3.31. The maximum Gasteiger partial charge on any atom is 0.323 e. The van der Waals surface area contributed by atoms with Gasteiger partial charge in [-0.15, -0.1) is 0 Å². The van der Waals surface area contributed by atoms with E-state index < -0.39 is 0 Å². The van der Waals surface area contributed by atoms with E-state index in [4.69, 9.17) is 9.47 Å². The Morgan fingerprint density at radius 1 is 0.955 bits per heavy atom. The fraction of sp³-hybridized carbons (Fsp3) is 0.235. The molecule has 0 saturated heterocycles. The molecule has 5 nitrogen and oxygen atoms in total. The number of amides is 2. The molecule has 22 heavy (non-hydrogen) atoms. The van der Waals surface area contributed by atoms with Gasteiger partial charge in [0, 0.05) is 5.69 Å². The molecule has 0 aliphatic rings. The Kier molecular flexibility index (Phi) is 5.25. The largest absolute Gasteiger partial charge is 0.494 e. The minimum Gasteiger partial charge on any atom is -0.494 e. The lowest BCUT2D eigenvalue weighted by Crippen LogP contribution is -2.21. The molecule has 2 aromatic carbocycles. The van der Waals surface area contributed by atoms with Crippen LogP contribution in [0.3, 0.4) is 0 Å². The minimum atomic E-state index is -0.344. The number of aryl methyl sites for hydroxylation is 1. The number of hydrogen-bond donors (Lipinski definition) is 2. The maximum absolute atomic E-state index is 12.3. The molecule has 0 fully saturated rings. The normalized spacial score (nSPS) is 9.95. The number of carbonyl (C=O) groups is 1. The molecular weight excluding hydrogens is 280 g/mol. The van der Waals surface area contributed by atoms with E-state index in [1.165, 1.54) is 0 Å². The van der Waals surface area contributed by atoms with Gasteiger partial charge >= 0.3 is 6.03 Å². The van der Waals surface area contributed by atoms with Crippen molar-refractivity contribution in [3.8, 4) is 11.5 Å². The Morgan fingerprint density at radius 2 is 1.59 bits per heavy atom. The summed E-state index contributed by atoms with van der Waals surface area (Å²) in [4.78, 5) is 12.3. The Balaban J connectivity index is 2.19. The van der Waals surface area contributed by atoms with Crippen molar-refractivity contribution >= 4 is 17.4 Å². The van der Waals surface area contributed by atoms with Gasteiger partial charge in [0.2, 0.25) is 0 Å². The lowest BCUT2D eigenvalue weighted by Gasteiger charge is -2.15. The molecule has 2 amide bonds. The van der Waals surface area contributed by atoms with Crippen molar-refractivity contribution in [3.05, 3.63) is 48.0 Å². The van der Waals surface area contributed by atoms with Gasteiger partial charge in [-0.2, -0.15) is 0 Å². The van der Waals surface area contributed by atoms with Gasteiger partial charge in [0.25, 0.3) is 0 Å². The lowest BCUT2D eigenvalue weighted by molar-refractivity contribution is 0.262. The third-order valence-corrected chi connectivity index (χ3v) is 3.31. The van der Waals surface area contributed by atoms with Crippen LogP contribution in [0.1, 0.15) is 12.5 Å². The van der Waals surface area contributed by atoms with Crippen molar-refractivity contribution in [2.45, 2.75) is 13.3 Å². The quantitative estimate of drug-likeness (QED) is 0.880. The van der Waals surface area contributed by atoms with Gasteiger partial charge < -0.3 is 20.1 Å². The second kappa shape index (κ2) is 7.36. The highest BCUT2D eigenvalue weighted by atomic mass is 16.5. The molecule has 0 aliphatic carbocycles. The number of benzene rings is 2. The topological polar surface area (TPSA) is 59.6 Å². The fourth-order valence-electron chi connectivity index (χ4n) is 2.19. The average molecular weight is 300 g/mol. The summed E-state index contributed by atoms with van der Waals surface area (Å²) in [6.07, 6.45) is 0.842. The molecule has 0 saturated carbocycles. The smallest absolute Gasteiger partial charge is 0.323 e. The predicted octanol–water partition coefficient (Wildman–Crippen LogP) is 3.91. The summed E-state index contributed by atoms with van der Waals surface area (Å²) in [6.45, 7) is 2.04. The second-order valence-electron chi connectivity index (χ2n) is 4.63. The van der Waals surface area contributed by atoms with E-state index in [9.17, 15) is 4.79 Å². The maximum atomic E-state index is 12.3. The van der Waals surface area contributed by atoms with Crippen LogP contribution in [0.5, 0.6) is 11.5 Å². The molecule has 0 aliphatic heterocycles. The van der Waals surface area contributed by atoms with Crippen molar-refractivity contribution in [1.82, 2.24) is 0 Å². The zero-order valence-electron chi connectivity index (χ0n) is 13.0. The first-order valence-corrected chi connectivity index (χ1v) is 7.06. The number of hydrogen-bond acceptors (Lipinski definition) is 3. The first kappa shape index (κ1) is 15.7. The standard InChI is InChI=1S/C17H20N2O3/c1-4-12-8-5-6-9-13(12)18-17(20)19-16-14(21-2)10-7-11-15(16)22-3/h5-11H,4H2,1-3H3,(H2,18,19,20). The van der Waals surface area contributed by atoms with E-state index >= 15 is 0 Å². The first-order valence-electron chi connectivity index (χ1n) is 7.06. The lowest BCUT2D eigenvalue weighted by atomic mass is 10.1. The molecule has 0 heterocycles. The van der Waals surface area contributed by atoms with Crippen molar-refractivity contribution in [3.63, 3.8) is 0 Å². The molecule has 116 valence electrons. The van der Waals surface area contributed by atoms with E-state index in [0.717, 1.165) is 17.7 Å². The van der Waals surface area contributed by atoms with Gasteiger partial charge in [-0.1, -0.05) is 31.2 Å². The summed E-state index contributed by atoms with van der Waals surface area (Å²) in [5, 5.41) is 5.63. The van der Waals surface area contributed by atoms with Crippen LogP contribution in [-0.2, 0) is 6.42 Å². The Hall–Kier alpha value is -2.69. The number of para-hydroxylation sites is 2. The van der Waals surface area contributed by atoms with Crippen LogP contribution in [0, 0.1) is 0 Å². The molecule has 2 rings (SSSR count). The van der Waals surface area contributed by atoms with Crippen LogP contribution >= 0.6 is 0 Å². The van der Waals surface area contributed by atoms with Crippen molar-refractivity contribution in [2.24, 2.45) is 0 Å². The predicted molar refractivity (Wildman–Crippen MR) is 88.0 cm³/mol. The zero-order valence-corrected chi connectivity index (χ0v) is 13.0. The monoisotopic (exact) mass is 300 g/mol. The van der Waals surface area contributed by atoms with Gasteiger partial charge in [0.05, 0.1) is 14.2 Å². The number of urea groups is 1. The molecule has 2 N–H and O–H groups in total. The van der Waals surface area contributed by atoms with Gasteiger partial charge in [-0.3, -0.25) is 0 Å². The molecular formula is C17H20N2O3. The summed E-state index contributed by atoms with van der Waals surface area (Å²) in [5.41, 5.74) is 2.36. The number of nitrogens with one attached hydrogen (secondary N) is 2. The minimum absolute atomic E-state index is 0.344. The van der Waals surface area contributed by atoms with E-state index in [1.807, 2.05) is 31.2 Å². The Morgan fingerprint density at radius 3 is 2.18 bits per heavy atom. The molecule has 2 aromatic rings. The number of ether oxygens (including phenoxy) is 2. The van der Waals surface area contributed by atoms with Gasteiger partial charge in [0.15, 0.2) is 0 Å². The van der Waals surface area contributed by atoms with Crippen LogP contribution in [-0.4, -0.2) is 20.3 Å². The van der Waals surface area contributed by atoms with Crippen LogP contribution < -0.4 is 20.1 Å². The third kappa shape index (κ3) is 3.49. The van der Waals surface area contributed by atoms with E-state index in [1.54, 1.807) is 32.4 Å². The number of anilines is 2. The van der Waals surface area contributed by atoms with Crippen LogP contribution in [0.15, 0.2) is 42.5 Å². The summed E-state index contributed by atoms with van der Waals surface area (Å²) >= 11 is 0. The molecule has 0 unspecified atom stereocenters. The Bertz CT molecular complexity index is 634. The fourth-order valence-corrected chi connectivity index (χ4v) is 2.19. The average Bonchev–Trinajstić information content (AvgIpc) is 2.55. The van der Waals surface area contributed by atoms with Crippen LogP contribution in [0.2, 0.25) is 0 Å². The van der Waals surface area contributed by atoms with Gasteiger partial charge in [-0.05, 0) is 30.2 Å². The summed E-state index contributed by atoms with van der Waals surface area (Å²) in [6, 6.07) is 12.7. The zero-order chi connectivity index (χ0) is 15.9. The van der Waals surface area contributed by atoms with Crippen molar-refractivity contribution < 1.29 is 14.3 Å². The molecule has 0 aromatic heterocycles. The summed E-state index contributed by atoms with van der Waals surface area (Å²) in [7, 11) is 3.09. The SMILES string of the molecule is CCc1ccccc1NC(=O)Nc1c(OC)cccc1OC. The second-order valence-corrected chi connectivity index (χ2v) is 4.63. The highest BCUT2D eigenvalue weighted by molar-refractivity contribution is 6.02. The number of methoxy groups -OCH3 is 2. The Labute approximate surface area is 130 Å². The van der Waals surface area contributed by atoms with E-state index in [-0.39, 0.29) is 6.03 Å². The molecule has 0 radical (unpaired) electrons. The number of rotatable bonds is 5.